The van der Waals surface area contributed by atoms with Crippen molar-refractivity contribution >= 4 is 21.9 Å². The Labute approximate surface area is 191 Å². The number of piperidine rings is 1. The van der Waals surface area contributed by atoms with Crippen LogP contribution in [-0.2, 0) is 14.5 Å². The van der Waals surface area contributed by atoms with Crippen LogP contribution in [0.2, 0.25) is 0 Å². The van der Waals surface area contributed by atoms with E-state index in [0.717, 1.165) is 36.5 Å². The predicted molar refractivity (Wildman–Crippen MR) is 120 cm³/mol. The van der Waals surface area contributed by atoms with E-state index in [2.05, 4.69) is 30.5 Å². The average molecular weight is 476 g/mol. The topological polar surface area (TPSA) is 144 Å². The number of aromatic amines is 1. The van der Waals surface area contributed by atoms with Gasteiger partial charge in [-0.05, 0) is 38.4 Å². The summed E-state index contributed by atoms with van der Waals surface area (Å²) in [5.74, 6) is 0.662. The van der Waals surface area contributed by atoms with Gasteiger partial charge in [0, 0.05) is 18.3 Å². The molecule has 4 heterocycles. The van der Waals surface area contributed by atoms with Crippen molar-refractivity contribution in [2.45, 2.75) is 25.9 Å². The van der Waals surface area contributed by atoms with Gasteiger partial charge in [-0.2, -0.15) is 22.8 Å². The second kappa shape index (κ2) is 9.68. The maximum atomic E-state index is 12.8. The highest BCUT2D eigenvalue weighted by atomic mass is 32.2. The fraction of sp³-hybridized carbons (Fsp3) is 0.400. The Morgan fingerprint density at radius 1 is 1.18 bits per heavy atom. The molecule has 1 fully saturated rings. The predicted octanol–water partition coefficient (Wildman–Crippen LogP) is 1.74. The van der Waals surface area contributed by atoms with Gasteiger partial charge in [0.1, 0.15) is 11.9 Å². The van der Waals surface area contributed by atoms with Gasteiger partial charge in [-0.25, -0.2) is 4.98 Å². The normalized spacial score (nSPS) is 16.4. The molecule has 0 bridgehead atoms. The number of nitrogens with zero attached hydrogens (tertiary/aromatic N) is 5. The molecule has 0 radical (unpaired) electrons. The van der Waals surface area contributed by atoms with Gasteiger partial charge >= 0.3 is 10.3 Å². The van der Waals surface area contributed by atoms with Crippen LogP contribution < -0.4 is 19.1 Å². The molecule has 33 heavy (non-hydrogen) atoms. The third kappa shape index (κ3) is 5.05. The van der Waals surface area contributed by atoms with Crippen molar-refractivity contribution in [2.24, 2.45) is 0 Å². The second-order valence-corrected chi connectivity index (χ2v) is 8.89. The second-order valence-electron chi connectivity index (χ2n) is 7.34. The Hall–Kier alpha value is -3.29. The minimum atomic E-state index is -4.26. The molecular weight excluding hydrogens is 450 g/mol. The van der Waals surface area contributed by atoms with E-state index in [1.807, 2.05) is 13.0 Å². The van der Waals surface area contributed by atoms with Crippen LogP contribution in [-0.4, -0.2) is 67.0 Å². The number of anilines is 2. The van der Waals surface area contributed by atoms with Crippen LogP contribution in [0.3, 0.4) is 0 Å². The van der Waals surface area contributed by atoms with E-state index >= 15 is 0 Å². The van der Waals surface area contributed by atoms with Crippen LogP contribution >= 0.6 is 0 Å². The van der Waals surface area contributed by atoms with Crippen LogP contribution in [0.25, 0.3) is 11.3 Å². The summed E-state index contributed by atoms with van der Waals surface area (Å²) < 4.78 is 42.5. The van der Waals surface area contributed by atoms with Crippen LogP contribution in [0, 0.1) is 6.92 Å². The number of aryl methyl sites for hydroxylation is 1. The molecule has 3 aromatic rings. The highest BCUT2D eigenvalue weighted by molar-refractivity contribution is 7.88. The monoisotopic (exact) mass is 475 g/mol. The first-order valence-electron chi connectivity index (χ1n) is 10.3. The van der Waals surface area contributed by atoms with E-state index in [0.29, 0.717) is 23.7 Å². The lowest BCUT2D eigenvalue weighted by Gasteiger charge is -2.24. The highest BCUT2D eigenvalue weighted by Crippen LogP contribution is 2.33. The van der Waals surface area contributed by atoms with E-state index < -0.39 is 10.3 Å². The summed E-state index contributed by atoms with van der Waals surface area (Å²) in [5, 5.41) is 10.2. The molecule has 0 amide bonds. The molecule has 1 aliphatic rings. The molecular formula is C20H25N7O5S. The molecule has 0 aromatic carbocycles. The first-order chi connectivity index (χ1) is 15.9. The largest absolute Gasteiger partial charge is 0.480 e. The van der Waals surface area contributed by atoms with Gasteiger partial charge in [-0.15, -0.1) is 0 Å². The van der Waals surface area contributed by atoms with Crippen LogP contribution in [0.1, 0.15) is 18.5 Å². The number of aromatic nitrogens is 5. The van der Waals surface area contributed by atoms with Crippen molar-refractivity contribution < 1.29 is 22.1 Å². The number of rotatable bonds is 8. The van der Waals surface area contributed by atoms with Gasteiger partial charge in [0.15, 0.2) is 5.82 Å². The average Bonchev–Trinajstić information content (AvgIpc) is 3.29. The SMILES string of the molecule is COc1nc(C)ccc1-c1cc(N(c2cncc(OC3CCCNC3)n2)S(=O)(=O)OC)[nH]n1. The lowest BCUT2D eigenvalue weighted by atomic mass is 10.1. The third-order valence-electron chi connectivity index (χ3n) is 5.03. The standard InChI is InChI=1S/C20H25N7O5S/c1-13-6-7-15(20(23-13)30-2)16-9-17(26-25-16)27(33(28,29)31-3)18-11-22-12-19(24-18)32-14-5-4-8-21-10-14/h6-7,9,11-12,14,21H,4-5,8,10H2,1-3H3,(H,25,26). The minimum Gasteiger partial charge on any atom is -0.480 e. The summed E-state index contributed by atoms with van der Waals surface area (Å²) in [5.41, 5.74) is 1.79. The lowest BCUT2D eigenvalue weighted by Crippen LogP contribution is -2.37. The number of pyridine rings is 1. The number of nitrogens with one attached hydrogen (secondary N) is 2. The maximum absolute atomic E-state index is 12.8. The summed E-state index contributed by atoms with van der Waals surface area (Å²) in [4.78, 5) is 12.8. The first kappa shape index (κ1) is 22.9. The number of hydrogen-bond acceptors (Lipinski definition) is 10. The van der Waals surface area contributed by atoms with Gasteiger partial charge in [-0.3, -0.25) is 14.3 Å². The van der Waals surface area contributed by atoms with Crippen LogP contribution in [0.15, 0.2) is 30.6 Å². The molecule has 0 aliphatic carbocycles. The summed E-state index contributed by atoms with van der Waals surface area (Å²) in [6.07, 6.45) is 4.52. The Morgan fingerprint density at radius 3 is 2.76 bits per heavy atom. The zero-order valence-corrected chi connectivity index (χ0v) is 19.3. The molecule has 0 spiro atoms. The third-order valence-corrected chi connectivity index (χ3v) is 6.29. The van der Waals surface area contributed by atoms with Crippen LogP contribution in [0.4, 0.5) is 11.6 Å². The van der Waals surface area contributed by atoms with Crippen molar-refractivity contribution in [1.82, 2.24) is 30.5 Å². The van der Waals surface area contributed by atoms with E-state index in [1.165, 1.54) is 25.6 Å². The van der Waals surface area contributed by atoms with Gasteiger partial charge in [0.05, 0.1) is 37.9 Å². The molecule has 0 saturated carbocycles. The number of hydrogen-bond donors (Lipinski definition) is 2. The molecule has 2 N–H and O–H groups in total. The quantitative estimate of drug-likeness (QED) is 0.494. The Kier molecular flexibility index (Phi) is 6.72. The van der Waals surface area contributed by atoms with Gasteiger partial charge in [0.25, 0.3) is 0 Å². The van der Waals surface area contributed by atoms with E-state index in [1.54, 1.807) is 6.07 Å². The molecule has 13 heteroatoms. The summed E-state index contributed by atoms with van der Waals surface area (Å²) in [6.45, 7) is 3.46. The Bertz CT molecular complexity index is 1210. The van der Waals surface area contributed by atoms with Crippen molar-refractivity contribution in [2.75, 3.05) is 31.6 Å². The van der Waals surface area contributed by atoms with Gasteiger partial charge < -0.3 is 14.8 Å². The van der Waals surface area contributed by atoms with Crippen molar-refractivity contribution in [3.8, 4) is 23.0 Å². The van der Waals surface area contributed by atoms with Crippen molar-refractivity contribution in [3.63, 3.8) is 0 Å². The lowest BCUT2D eigenvalue weighted by molar-refractivity contribution is 0.160. The number of H-pyrrole nitrogens is 1. The fourth-order valence-electron chi connectivity index (χ4n) is 3.45. The summed E-state index contributed by atoms with van der Waals surface area (Å²) >= 11 is 0. The summed E-state index contributed by atoms with van der Waals surface area (Å²) in [7, 11) is -1.70. The number of ether oxygens (including phenoxy) is 2. The molecule has 3 aromatic heterocycles. The van der Waals surface area contributed by atoms with Crippen LogP contribution in [0.5, 0.6) is 11.8 Å². The minimum absolute atomic E-state index is 0.0117. The van der Waals surface area contributed by atoms with Gasteiger partial charge in [0.2, 0.25) is 11.8 Å². The Balaban J connectivity index is 1.69. The molecule has 1 unspecified atom stereocenters. The molecule has 1 atom stereocenters. The molecule has 4 rings (SSSR count). The fourth-order valence-corrected chi connectivity index (χ4v) is 4.25. The van der Waals surface area contributed by atoms with E-state index in [9.17, 15) is 8.42 Å². The molecule has 176 valence electrons. The zero-order chi connectivity index (χ0) is 23.4. The zero-order valence-electron chi connectivity index (χ0n) is 18.5. The molecule has 1 saturated heterocycles. The summed E-state index contributed by atoms with van der Waals surface area (Å²) in [6, 6.07) is 5.14. The smallest absolute Gasteiger partial charge is 0.369 e. The molecule has 12 nitrogen and oxygen atoms in total. The highest BCUT2D eigenvalue weighted by Gasteiger charge is 2.29. The Morgan fingerprint density at radius 2 is 2.03 bits per heavy atom. The van der Waals surface area contributed by atoms with Gasteiger partial charge in [-0.1, -0.05) is 0 Å². The van der Waals surface area contributed by atoms with E-state index in [4.69, 9.17) is 13.7 Å². The van der Waals surface area contributed by atoms with Crippen molar-refractivity contribution in [1.29, 1.82) is 0 Å². The number of methoxy groups -OCH3 is 1. The van der Waals surface area contributed by atoms with E-state index in [-0.39, 0.29) is 23.6 Å². The molecule has 1 aliphatic heterocycles. The maximum Gasteiger partial charge on any atom is 0.369 e. The van der Waals surface area contributed by atoms with Crippen molar-refractivity contribution in [3.05, 3.63) is 36.3 Å². The first-order valence-corrected chi connectivity index (χ1v) is 11.7.